The standard InChI is InChI=1S/C12H22O11/c13-1-3-5(15)6(16)9(19)12(22-3)23-10-4(2-14)21-11(20)8(18)7(10)17/h3-20H,1-2H2/t3-,4-,5+,6-,7+,8-,9+,10+,11+,12-/m0/s1. The average molecular weight is 342 g/mol. The van der Waals surface area contributed by atoms with Gasteiger partial charge in [-0.25, -0.2) is 0 Å². The van der Waals surface area contributed by atoms with Crippen molar-refractivity contribution in [3.8, 4) is 0 Å². The lowest BCUT2D eigenvalue weighted by Crippen LogP contribution is -2.64. The molecule has 0 saturated carbocycles. The number of aliphatic hydroxyl groups is 8. The molecule has 10 atom stereocenters. The predicted octanol–water partition coefficient (Wildman–Crippen LogP) is -5.40. The van der Waals surface area contributed by atoms with Gasteiger partial charge in [-0.05, 0) is 0 Å². The van der Waals surface area contributed by atoms with Gasteiger partial charge in [0.1, 0.15) is 48.8 Å². The summed E-state index contributed by atoms with van der Waals surface area (Å²) in [6, 6.07) is 0. The molecule has 0 spiro atoms. The van der Waals surface area contributed by atoms with Gasteiger partial charge < -0.3 is 55.1 Å². The summed E-state index contributed by atoms with van der Waals surface area (Å²) in [6.07, 6.45) is -15.6. The minimum atomic E-state index is -1.74. The molecule has 2 saturated heterocycles. The summed E-state index contributed by atoms with van der Waals surface area (Å²) in [4.78, 5) is 0. The SMILES string of the molecule is OC[C@@H]1O[C@@H](O[C@H]2[C@H](O)[C@H](O)[C@H](O)O[C@H]2CO)[C@H](O)[C@@H](O)[C@@H]1O. The summed E-state index contributed by atoms with van der Waals surface area (Å²) in [6.45, 7) is -1.35. The van der Waals surface area contributed by atoms with Gasteiger partial charge in [-0.3, -0.25) is 0 Å². The van der Waals surface area contributed by atoms with E-state index >= 15 is 0 Å². The maximum Gasteiger partial charge on any atom is 0.187 e. The monoisotopic (exact) mass is 342 g/mol. The highest BCUT2D eigenvalue weighted by atomic mass is 16.7. The summed E-state index contributed by atoms with van der Waals surface area (Å²) < 4.78 is 15.3. The topological polar surface area (TPSA) is 190 Å². The lowest BCUT2D eigenvalue weighted by Gasteiger charge is -2.45. The predicted molar refractivity (Wildman–Crippen MR) is 68.6 cm³/mol. The van der Waals surface area contributed by atoms with Crippen LogP contribution in [0.15, 0.2) is 0 Å². The molecule has 2 aliphatic rings. The lowest BCUT2D eigenvalue weighted by molar-refractivity contribution is -0.355. The van der Waals surface area contributed by atoms with Crippen LogP contribution in [0.2, 0.25) is 0 Å². The van der Waals surface area contributed by atoms with E-state index in [1.807, 2.05) is 0 Å². The Morgan fingerprint density at radius 2 is 1.26 bits per heavy atom. The van der Waals surface area contributed by atoms with Crippen LogP contribution >= 0.6 is 0 Å². The van der Waals surface area contributed by atoms with Crippen molar-refractivity contribution >= 4 is 0 Å². The maximum absolute atomic E-state index is 9.94. The Bertz CT molecular complexity index is 378. The molecule has 2 heterocycles. The minimum absolute atomic E-state index is 0.667. The molecule has 136 valence electrons. The van der Waals surface area contributed by atoms with E-state index in [0.717, 1.165) is 0 Å². The third-order valence-electron chi connectivity index (χ3n) is 3.98. The minimum Gasteiger partial charge on any atom is -0.394 e. The van der Waals surface area contributed by atoms with E-state index in [-0.39, 0.29) is 0 Å². The zero-order valence-electron chi connectivity index (χ0n) is 12.0. The molecule has 2 fully saturated rings. The maximum atomic E-state index is 9.94. The molecular formula is C12H22O11. The number of rotatable bonds is 4. The Balaban J connectivity index is 2.11. The second-order valence-electron chi connectivity index (χ2n) is 5.53. The second kappa shape index (κ2) is 7.63. The number of hydrogen-bond acceptors (Lipinski definition) is 11. The average Bonchev–Trinajstić information content (AvgIpc) is 2.55. The zero-order valence-corrected chi connectivity index (χ0v) is 12.0. The van der Waals surface area contributed by atoms with Crippen LogP contribution in [0, 0.1) is 0 Å². The molecule has 0 bridgehead atoms. The van der Waals surface area contributed by atoms with Crippen LogP contribution in [0.4, 0.5) is 0 Å². The van der Waals surface area contributed by atoms with Crippen molar-refractivity contribution in [1.29, 1.82) is 0 Å². The van der Waals surface area contributed by atoms with Gasteiger partial charge in [-0.2, -0.15) is 0 Å². The van der Waals surface area contributed by atoms with Gasteiger partial charge in [-0.1, -0.05) is 0 Å². The molecular weight excluding hydrogens is 320 g/mol. The largest absolute Gasteiger partial charge is 0.394 e. The number of aliphatic hydroxyl groups excluding tert-OH is 8. The fraction of sp³-hybridized carbons (Fsp3) is 1.00. The van der Waals surface area contributed by atoms with Crippen LogP contribution in [-0.4, -0.2) is 115 Å². The van der Waals surface area contributed by atoms with E-state index in [1.54, 1.807) is 0 Å². The third kappa shape index (κ3) is 3.65. The molecule has 8 N–H and O–H groups in total. The smallest absolute Gasteiger partial charge is 0.187 e. The fourth-order valence-corrected chi connectivity index (χ4v) is 2.57. The van der Waals surface area contributed by atoms with Crippen molar-refractivity contribution < 1.29 is 55.1 Å². The first-order chi connectivity index (χ1) is 10.8. The summed E-state index contributed by atoms with van der Waals surface area (Å²) in [7, 11) is 0. The lowest BCUT2D eigenvalue weighted by atomic mass is 9.97. The zero-order chi connectivity index (χ0) is 17.3. The number of hydrogen-bond donors (Lipinski definition) is 8. The molecule has 0 unspecified atom stereocenters. The molecule has 0 aromatic heterocycles. The fourth-order valence-electron chi connectivity index (χ4n) is 2.57. The summed E-state index contributed by atoms with van der Waals surface area (Å²) >= 11 is 0. The molecule has 2 rings (SSSR count). The first-order valence-corrected chi connectivity index (χ1v) is 7.08. The van der Waals surface area contributed by atoms with Gasteiger partial charge >= 0.3 is 0 Å². The Morgan fingerprint density at radius 3 is 1.83 bits per heavy atom. The van der Waals surface area contributed by atoms with E-state index in [4.69, 9.17) is 19.3 Å². The molecule has 11 heteroatoms. The Kier molecular flexibility index (Phi) is 6.27. The van der Waals surface area contributed by atoms with Crippen LogP contribution in [-0.2, 0) is 14.2 Å². The molecule has 2 aliphatic heterocycles. The van der Waals surface area contributed by atoms with Crippen LogP contribution < -0.4 is 0 Å². The summed E-state index contributed by atoms with van der Waals surface area (Å²) in [5, 5.41) is 76.5. The van der Waals surface area contributed by atoms with Crippen LogP contribution in [0.5, 0.6) is 0 Å². The highest BCUT2D eigenvalue weighted by Gasteiger charge is 2.50. The Labute approximate surface area is 130 Å². The van der Waals surface area contributed by atoms with E-state index in [1.165, 1.54) is 0 Å². The van der Waals surface area contributed by atoms with Gasteiger partial charge in [0.2, 0.25) is 0 Å². The highest BCUT2D eigenvalue weighted by Crippen LogP contribution is 2.28. The van der Waals surface area contributed by atoms with Gasteiger partial charge in [0.15, 0.2) is 12.6 Å². The van der Waals surface area contributed by atoms with Crippen LogP contribution in [0.1, 0.15) is 0 Å². The second-order valence-corrected chi connectivity index (χ2v) is 5.53. The first-order valence-electron chi connectivity index (χ1n) is 7.08. The summed E-state index contributed by atoms with van der Waals surface area (Å²) in [5.74, 6) is 0. The Hall–Kier alpha value is -0.440. The normalized spacial score (nSPS) is 51.7. The van der Waals surface area contributed by atoms with Crippen molar-refractivity contribution in [2.75, 3.05) is 13.2 Å². The van der Waals surface area contributed by atoms with E-state index in [2.05, 4.69) is 0 Å². The van der Waals surface area contributed by atoms with E-state index in [0.29, 0.717) is 0 Å². The number of ether oxygens (including phenoxy) is 3. The molecule has 23 heavy (non-hydrogen) atoms. The van der Waals surface area contributed by atoms with Crippen molar-refractivity contribution in [2.24, 2.45) is 0 Å². The third-order valence-corrected chi connectivity index (χ3v) is 3.98. The van der Waals surface area contributed by atoms with Gasteiger partial charge in [0.25, 0.3) is 0 Å². The highest BCUT2D eigenvalue weighted by molar-refractivity contribution is 4.93. The van der Waals surface area contributed by atoms with Gasteiger partial charge in [-0.15, -0.1) is 0 Å². The van der Waals surface area contributed by atoms with Crippen molar-refractivity contribution in [3.63, 3.8) is 0 Å². The molecule has 11 nitrogen and oxygen atoms in total. The first kappa shape index (κ1) is 18.9. The molecule has 0 aromatic carbocycles. The van der Waals surface area contributed by atoms with Crippen LogP contribution in [0.25, 0.3) is 0 Å². The van der Waals surface area contributed by atoms with E-state index < -0.39 is 74.6 Å². The van der Waals surface area contributed by atoms with Crippen LogP contribution in [0.3, 0.4) is 0 Å². The Morgan fingerprint density at radius 1 is 0.652 bits per heavy atom. The molecule has 0 amide bonds. The summed E-state index contributed by atoms with van der Waals surface area (Å²) in [5.41, 5.74) is 0. The van der Waals surface area contributed by atoms with Gasteiger partial charge in [0, 0.05) is 0 Å². The van der Waals surface area contributed by atoms with Crippen molar-refractivity contribution in [2.45, 2.75) is 61.4 Å². The van der Waals surface area contributed by atoms with Gasteiger partial charge in [0.05, 0.1) is 13.2 Å². The molecule has 0 aliphatic carbocycles. The van der Waals surface area contributed by atoms with Crippen molar-refractivity contribution in [3.05, 3.63) is 0 Å². The molecule has 0 radical (unpaired) electrons. The molecule has 0 aromatic rings. The quantitative estimate of drug-likeness (QED) is 0.243. The van der Waals surface area contributed by atoms with E-state index in [9.17, 15) is 35.7 Å². The van der Waals surface area contributed by atoms with Crippen molar-refractivity contribution in [1.82, 2.24) is 0 Å².